The lowest BCUT2D eigenvalue weighted by Gasteiger charge is -2.40. The molecule has 7 nitrogen and oxygen atoms in total. The Morgan fingerprint density at radius 3 is 2.83 bits per heavy atom. The van der Waals surface area contributed by atoms with Crippen LogP contribution in [0.5, 0.6) is 0 Å². The number of rotatable bonds is 4. The number of pyridine rings is 1. The molecule has 2 aromatic heterocycles. The minimum atomic E-state index is -0.288. The molecule has 3 heterocycles. The molecule has 2 aromatic rings. The normalized spacial score (nSPS) is 17.7. The molecule has 2 N–H and O–H groups in total. The maximum atomic E-state index is 12.3. The summed E-state index contributed by atoms with van der Waals surface area (Å²) in [7, 11) is 0. The van der Waals surface area contributed by atoms with Crippen molar-refractivity contribution in [2.45, 2.75) is 24.8 Å². The van der Waals surface area contributed by atoms with Crippen molar-refractivity contribution in [3.05, 3.63) is 52.3 Å². The zero-order valence-corrected chi connectivity index (χ0v) is 12.5. The quantitative estimate of drug-likeness (QED) is 0.865. The summed E-state index contributed by atoms with van der Waals surface area (Å²) in [5.41, 5.74) is -0.0669. The van der Waals surface area contributed by atoms with Gasteiger partial charge in [-0.15, -0.1) is 0 Å². The molecular formula is C16H17N5O2. The molecule has 0 bridgehead atoms. The molecule has 2 aliphatic rings. The van der Waals surface area contributed by atoms with Gasteiger partial charge in [0.05, 0.1) is 6.04 Å². The van der Waals surface area contributed by atoms with Gasteiger partial charge in [-0.2, -0.15) is 0 Å². The highest BCUT2D eigenvalue weighted by Crippen LogP contribution is 2.37. The average molecular weight is 311 g/mol. The fourth-order valence-corrected chi connectivity index (χ4v) is 2.70. The van der Waals surface area contributed by atoms with Gasteiger partial charge in [0.1, 0.15) is 17.3 Å². The van der Waals surface area contributed by atoms with Crippen molar-refractivity contribution in [2.75, 3.05) is 18.0 Å². The van der Waals surface area contributed by atoms with Gasteiger partial charge in [0, 0.05) is 31.3 Å². The van der Waals surface area contributed by atoms with E-state index in [-0.39, 0.29) is 23.2 Å². The van der Waals surface area contributed by atoms with Gasteiger partial charge in [-0.25, -0.2) is 9.97 Å². The van der Waals surface area contributed by atoms with E-state index in [1.54, 1.807) is 6.20 Å². The largest absolute Gasteiger partial charge is 0.352 e. The van der Waals surface area contributed by atoms with Crippen LogP contribution in [0.15, 0.2) is 35.3 Å². The van der Waals surface area contributed by atoms with E-state index >= 15 is 0 Å². The first-order chi connectivity index (χ1) is 11.2. The lowest BCUT2D eigenvalue weighted by molar-refractivity contribution is 0.0924. The Morgan fingerprint density at radius 1 is 1.30 bits per heavy atom. The van der Waals surface area contributed by atoms with E-state index in [1.807, 2.05) is 18.2 Å². The molecule has 7 heteroatoms. The van der Waals surface area contributed by atoms with E-state index in [1.165, 1.54) is 6.07 Å². The van der Waals surface area contributed by atoms with Crippen LogP contribution in [0.2, 0.25) is 0 Å². The Balaban J connectivity index is 1.39. The first-order valence-corrected chi connectivity index (χ1v) is 7.77. The van der Waals surface area contributed by atoms with Crippen molar-refractivity contribution >= 4 is 11.7 Å². The van der Waals surface area contributed by atoms with Gasteiger partial charge in [-0.05, 0) is 25.0 Å². The van der Waals surface area contributed by atoms with E-state index in [9.17, 15) is 9.59 Å². The first kappa shape index (κ1) is 13.9. The summed E-state index contributed by atoms with van der Waals surface area (Å²) in [6.45, 7) is 1.42. The van der Waals surface area contributed by atoms with Crippen molar-refractivity contribution in [1.82, 2.24) is 20.3 Å². The molecule has 1 saturated heterocycles. The van der Waals surface area contributed by atoms with Crippen LogP contribution in [-0.2, 0) is 0 Å². The molecule has 118 valence electrons. The lowest BCUT2D eigenvalue weighted by atomic mass is 10.1. The molecule has 0 radical (unpaired) electrons. The number of H-pyrrole nitrogens is 1. The molecule has 4 rings (SSSR count). The fraction of sp³-hybridized carbons (Fsp3) is 0.375. The third-order valence-electron chi connectivity index (χ3n) is 4.15. The Labute approximate surface area is 132 Å². The molecule has 0 spiro atoms. The van der Waals surface area contributed by atoms with Gasteiger partial charge in [0.25, 0.3) is 11.5 Å². The molecule has 0 aromatic carbocycles. The highest BCUT2D eigenvalue weighted by Gasteiger charge is 2.30. The number of hydrogen-bond donors (Lipinski definition) is 2. The SMILES string of the molecule is O=C(NC1CN(c2ccccn2)C1)c1cc(=O)[nH]c(C2CC2)n1. The summed E-state index contributed by atoms with van der Waals surface area (Å²) in [5.74, 6) is 1.55. The summed E-state index contributed by atoms with van der Waals surface area (Å²) in [4.78, 5) is 37.3. The van der Waals surface area contributed by atoms with Gasteiger partial charge in [0.15, 0.2) is 0 Å². The zero-order valence-electron chi connectivity index (χ0n) is 12.5. The number of anilines is 1. The van der Waals surface area contributed by atoms with Crippen LogP contribution in [0.4, 0.5) is 5.82 Å². The molecule has 1 amide bonds. The topological polar surface area (TPSA) is 91.0 Å². The second-order valence-electron chi connectivity index (χ2n) is 6.05. The van der Waals surface area contributed by atoms with E-state index in [2.05, 4.69) is 25.2 Å². The smallest absolute Gasteiger partial charge is 0.270 e. The van der Waals surface area contributed by atoms with Crippen molar-refractivity contribution in [2.24, 2.45) is 0 Å². The van der Waals surface area contributed by atoms with Crippen LogP contribution < -0.4 is 15.8 Å². The maximum Gasteiger partial charge on any atom is 0.270 e. The highest BCUT2D eigenvalue weighted by molar-refractivity contribution is 5.92. The Kier molecular flexibility index (Phi) is 3.33. The molecule has 1 aliphatic carbocycles. The number of hydrogen-bond acceptors (Lipinski definition) is 5. The van der Waals surface area contributed by atoms with Crippen molar-refractivity contribution in [3.8, 4) is 0 Å². The summed E-state index contributed by atoms with van der Waals surface area (Å²) in [6, 6.07) is 7.07. The second-order valence-corrected chi connectivity index (χ2v) is 6.05. The summed E-state index contributed by atoms with van der Waals surface area (Å²) < 4.78 is 0. The van der Waals surface area contributed by atoms with Crippen molar-refractivity contribution in [1.29, 1.82) is 0 Å². The van der Waals surface area contributed by atoms with Gasteiger partial charge >= 0.3 is 0 Å². The third kappa shape index (κ3) is 2.94. The third-order valence-corrected chi connectivity index (χ3v) is 4.15. The van der Waals surface area contributed by atoms with Crippen molar-refractivity contribution in [3.63, 3.8) is 0 Å². The van der Waals surface area contributed by atoms with Crippen LogP contribution in [0, 0.1) is 0 Å². The van der Waals surface area contributed by atoms with Crippen LogP contribution in [-0.4, -0.2) is 40.0 Å². The Morgan fingerprint density at radius 2 is 2.13 bits per heavy atom. The maximum absolute atomic E-state index is 12.3. The number of nitrogens with zero attached hydrogens (tertiary/aromatic N) is 3. The second kappa shape index (κ2) is 5.49. The van der Waals surface area contributed by atoms with Crippen LogP contribution in [0.1, 0.15) is 35.1 Å². The van der Waals surface area contributed by atoms with Crippen molar-refractivity contribution < 1.29 is 4.79 Å². The number of carbonyl (C=O) groups excluding carboxylic acids is 1. The van der Waals surface area contributed by atoms with Gasteiger partial charge < -0.3 is 15.2 Å². The fourth-order valence-electron chi connectivity index (χ4n) is 2.70. The van der Waals surface area contributed by atoms with Gasteiger partial charge in [-0.3, -0.25) is 9.59 Å². The predicted octanol–water partition coefficient (Wildman–Crippen LogP) is 0.661. The molecular weight excluding hydrogens is 294 g/mol. The van der Waals surface area contributed by atoms with Gasteiger partial charge in [-0.1, -0.05) is 6.07 Å². The summed E-state index contributed by atoms with van der Waals surface area (Å²) in [5, 5.41) is 2.92. The molecule has 1 saturated carbocycles. The lowest BCUT2D eigenvalue weighted by Crippen LogP contribution is -2.59. The van der Waals surface area contributed by atoms with E-state index < -0.39 is 0 Å². The van der Waals surface area contributed by atoms with Crippen LogP contribution in [0.25, 0.3) is 0 Å². The first-order valence-electron chi connectivity index (χ1n) is 7.77. The number of carbonyl (C=O) groups is 1. The van der Waals surface area contributed by atoms with Gasteiger partial charge in [0.2, 0.25) is 0 Å². The minimum Gasteiger partial charge on any atom is -0.352 e. The number of aromatic amines is 1. The van der Waals surface area contributed by atoms with Crippen LogP contribution >= 0.6 is 0 Å². The summed E-state index contributed by atoms with van der Waals surface area (Å²) in [6.07, 6.45) is 3.80. The molecule has 0 atom stereocenters. The number of aromatic nitrogens is 3. The average Bonchev–Trinajstić information content (AvgIpc) is 3.35. The van der Waals surface area contributed by atoms with E-state index in [4.69, 9.17) is 0 Å². The molecule has 23 heavy (non-hydrogen) atoms. The number of amides is 1. The summed E-state index contributed by atoms with van der Waals surface area (Å²) >= 11 is 0. The van der Waals surface area contributed by atoms with E-state index in [0.29, 0.717) is 24.8 Å². The molecule has 0 unspecified atom stereocenters. The van der Waals surface area contributed by atoms with Crippen LogP contribution in [0.3, 0.4) is 0 Å². The standard InChI is InChI=1S/C16H17N5O2/c22-14-7-12(19-15(20-14)10-4-5-10)16(23)18-11-8-21(9-11)13-3-1-2-6-17-13/h1-3,6-7,10-11H,4-5,8-9H2,(H,18,23)(H,19,20,22). The Hall–Kier alpha value is -2.70. The highest BCUT2D eigenvalue weighted by atomic mass is 16.2. The Bertz CT molecular complexity index is 779. The van der Waals surface area contributed by atoms with E-state index in [0.717, 1.165) is 18.7 Å². The molecule has 2 fully saturated rings. The predicted molar refractivity (Wildman–Crippen MR) is 84.5 cm³/mol. The zero-order chi connectivity index (χ0) is 15.8. The monoisotopic (exact) mass is 311 g/mol. The number of nitrogens with one attached hydrogen (secondary N) is 2. The minimum absolute atomic E-state index is 0.0509. The molecule has 1 aliphatic heterocycles.